The number of methoxy groups -OCH3 is 1. The molecule has 268 valence electrons. The quantitative estimate of drug-likeness (QED) is 0.147. The van der Waals surface area contributed by atoms with Gasteiger partial charge < -0.3 is 20.5 Å². The molecule has 2 saturated heterocycles. The number of pyridine rings is 2. The molecule has 0 radical (unpaired) electrons. The van der Waals surface area contributed by atoms with Crippen molar-refractivity contribution in [2.45, 2.75) is 44.8 Å². The molecule has 5 aromatic rings. The van der Waals surface area contributed by atoms with Gasteiger partial charge in [0.25, 0.3) is 5.56 Å². The van der Waals surface area contributed by atoms with E-state index in [-0.39, 0.29) is 17.5 Å². The normalized spacial score (nSPS) is 17.7. The molecule has 0 saturated carbocycles. The zero-order valence-electron chi connectivity index (χ0n) is 28.6. The first-order valence-electron chi connectivity index (χ1n) is 17.3. The zero-order valence-corrected chi connectivity index (χ0v) is 30.1. The molecule has 0 spiro atoms. The largest absolute Gasteiger partial charge is 0.481 e. The van der Waals surface area contributed by atoms with Crippen LogP contribution < -0.4 is 20.9 Å². The van der Waals surface area contributed by atoms with Gasteiger partial charge in [-0.05, 0) is 49.6 Å². The minimum absolute atomic E-state index is 0.0882. The fourth-order valence-electron chi connectivity index (χ4n) is 7.07. The molecule has 3 N–H and O–H groups in total. The number of piperidine rings is 1. The van der Waals surface area contributed by atoms with Gasteiger partial charge in [0, 0.05) is 78.9 Å². The van der Waals surface area contributed by atoms with Crippen molar-refractivity contribution in [1.29, 1.82) is 0 Å². The number of carboxylic acids is 1. The minimum atomic E-state index is -0.802. The summed E-state index contributed by atoms with van der Waals surface area (Å²) in [7, 11) is 1.58. The Bertz CT molecular complexity index is 2230. The number of nitrogens with zero attached hydrogens (tertiary/aromatic N) is 4. The molecule has 3 aromatic heterocycles. The molecule has 5 heterocycles. The average Bonchev–Trinajstić information content (AvgIpc) is 3.57. The highest BCUT2D eigenvalue weighted by Gasteiger charge is 2.26. The number of ether oxygens (including phenoxy) is 1. The van der Waals surface area contributed by atoms with Crippen molar-refractivity contribution >= 4 is 40.7 Å². The van der Waals surface area contributed by atoms with E-state index in [2.05, 4.69) is 15.6 Å². The predicted molar refractivity (Wildman–Crippen MR) is 201 cm³/mol. The first-order valence-corrected chi connectivity index (χ1v) is 18.0. The van der Waals surface area contributed by atoms with E-state index in [9.17, 15) is 19.5 Å². The summed E-state index contributed by atoms with van der Waals surface area (Å²) in [6.45, 7) is 2.70. The van der Waals surface area contributed by atoms with Crippen LogP contribution in [0.2, 0.25) is 10.0 Å². The molecule has 2 fully saturated rings. The molecule has 0 bridgehead atoms. The number of fused-ring (bicyclic) bond motifs is 1. The number of carbonyl (C=O) groups is 2. The fraction of sp³-hybridized carbons (Fsp3) is 0.308. The summed E-state index contributed by atoms with van der Waals surface area (Å²) < 4.78 is 7.15. The number of aromatic nitrogens is 3. The Morgan fingerprint density at radius 1 is 1.00 bits per heavy atom. The number of hydrogen-bond donors (Lipinski definition) is 3. The zero-order chi connectivity index (χ0) is 36.4. The van der Waals surface area contributed by atoms with E-state index < -0.39 is 11.9 Å². The molecule has 7 rings (SSSR count). The van der Waals surface area contributed by atoms with Crippen LogP contribution in [0.3, 0.4) is 0 Å². The summed E-state index contributed by atoms with van der Waals surface area (Å²) in [5, 5.41) is 16.8. The molecule has 0 aliphatic carbocycles. The van der Waals surface area contributed by atoms with Gasteiger partial charge >= 0.3 is 5.97 Å². The van der Waals surface area contributed by atoms with E-state index in [1.807, 2.05) is 65.6 Å². The highest BCUT2D eigenvalue weighted by molar-refractivity contribution is 6.39. The molecule has 13 heteroatoms. The van der Waals surface area contributed by atoms with Crippen LogP contribution in [-0.2, 0) is 22.7 Å². The predicted octanol–water partition coefficient (Wildman–Crippen LogP) is 6.07. The lowest BCUT2D eigenvalue weighted by atomic mass is 9.97. The van der Waals surface area contributed by atoms with Gasteiger partial charge in [0.05, 0.1) is 34.3 Å². The minimum Gasteiger partial charge on any atom is -0.481 e. The Balaban J connectivity index is 1.12. The third kappa shape index (κ3) is 7.40. The van der Waals surface area contributed by atoms with Gasteiger partial charge in [0.2, 0.25) is 11.8 Å². The van der Waals surface area contributed by atoms with Crippen molar-refractivity contribution in [2.75, 3.05) is 26.7 Å². The number of carbonyl (C=O) groups excluding carboxylic acids is 1. The maximum absolute atomic E-state index is 13.4. The summed E-state index contributed by atoms with van der Waals surface area (Å²) in [5.41, 5.74) is 6.06. The molecule has 1 amide bonds. The monoisotopic (exact) mass is 740 g/mol. The van der Waals surface area contributed by atoms with Crippen LogP contribution in [0.1, 0.15) is 36.8 Å². The number of nitrogens with one attached hydrogen (secondary N) is 2. The number of halogens is 2. The van der Waals surface area contributed by atoms with Crippen molar-refractivity contribution in [2.24, 2.45) is 5.92 Å². The van der Waals surface area contributed by atoms with Crippen molar-refractivity contribution in [3.63, 3.8) is 0 Å². The van der Waals surface area contributed by atoms with Gasteiger partial charge in [-0.3, -0.25) is 23.7 Å². The Morgan fingerprint density at radius 2 is 1.75 bits per heavy atom. The van der Waals surface area contributed by atoms with E-state index in [1.165, 1.54) is 4.40 Å². The standard InChI is InChI=1S/C39H38Cl2N6O5/c1-52-37-24(18-42-20-27-11-13-34(48)44-27)10-12-32(45-37)31-9-3-8-30(36(31)41)29-7-2-6-28(35(29)40)23-14-16-47-33(17-23)43-19-26(38(47)49)22-46-15-4-5-25(21-46)39(50)51/h2-3,6-10,12,14,16-17,19,25,27,42H,4-5,11,13,15,18,20-22H2,1H3,(H,44,48)(H,50,51)/t25-,27+/m1/s1. The van der Waals surface area contributed by atoms with Gasteiger partial charge in [-0.15, -0.1) is 0 Å². The van der Waals surface area contributed by atoms with E-state index in [0.717, 1.165) is 52.8 Å². The number of amides is 1. The number of aliphatic carboxylic acids is 1. The van der Waals surface area contributed by atoms with Crippen LogP contribution in [0.4, 0.5) is 0 Å². The number of likely N-dealkylation sites (tertiary alicyclic amines) is 1. The lowest BCUT2D eigenvalue weighted by Gasteiger charge is -2.30. The number of carboxylic acid groups (broad SMARTS) is 1. The SMILES string of the molecule is COc1nc(-c2cccc(-c3cccc(-c4ccn5c(=O)c(CN6CCC[C@@H](C(=O)O)C6)cnc5c4)c3Cl)c2Cl)ccc1CNC[C@@H]1CCC(=O)N1. The van der Waals surface area contributed by atoms with Gasteiger partial charge in [0.1, 0.15) is 5.65 Å². The molecular formula is C39H38Cl2N6O5. The van der Waals surface area contributed by atoms with Crippen molar-refractivity contribution in [3.05, 3.63) is 105 Å². The smallest absolute Gasteiger partial charge is 0.307 e. The maximum Gasteiger partial charge on any atom is 0.307 e. The van der Waals surface area contributed by atoms with Crippen LogP contribution in [0.25, 0.3) is 39.2 Å². The third-order valence-corrected chi connectivity index (χ3v) is 10.6. The Morgan fingerprint density at radius 3 is 2.48 bits per heavy atom. The average molecular weight is 742 g/mol. The Kier molecular flexibility index (Phi) is 10.6. The van der Waals surface area contributed by atoms with Gasteiger partial charge in [-0.1, -0.05) is 65.7 Å². The Labute approximate surface area is 310 Å². The third-order valence-electron chi connectivity index (χ3n) is 9.83. The highest BCUT2D eigenvalue weighted by atomic mass is 35.5. The van der Waals surface area contributed by atoms with Crippen LogP contribution in [0, 0.1) is 5.92 Å². The molecule has 2 aromatic carbocycles. The number of benzene rings is 2. The summed E-state index contributed by atoms with van der Waals surface area (Å²) in [6, 6.07) is 19.1. The second kappa shape index (κ2) is 15.4. The van der Waals surface area contributed by atoms with Crippen molar-refractivity contribution < 1.29 is 19.4 Å². The molecule has 2 atom stereocenters. The number of hydrogen-bond acceptors (Lipinski definition) is 8. The molecule has 11 nitrogen and oxygen atoms in total. The topological polar surface area (TPSA) is 138 Å². The van der Waals surface area contributed by atoms with Gasteiger partial charge in [0.15, 0.2) is 0 Å². The summed E-state index contributed by atoms with van der Waals surface area (Å²) in [5.74, 6) is -0.656. The van der Waals surface area contributed by atoms with Crippen molar-refractivity contribution in [1.82, 2.24) is 29.9 Å². The first-order chi connectivity index (χ1) is 25.2. The van der Waals surface area contributed by atoms with E-state index in [4.69, 9.17) is 32.9 Å². The summed E-state index contributed by atoms with van der Waals surface area (Å²) in [6.07, 6.45) is 6.09. The maximum atomic E-state index is 13.4. The van der Waals surface area contributed by atoms with Gasteiger partial charge in [-0.25, -0.2) is 9.97 Å². The van der Waals surface area contributed by atoms with E-state index in [1.54, 1.807) is 19.5 Å². The van der Waals surface area contributed by atoms with Gasteiger partial charge in [-0.2, -0.15) is 0 Å². The highest BCUT2D eigenvalue weighted by Crippen LogP contribution is 2.42. The Hall–Kier alpha value is -4.81. The van der Waals surface area contributed by atoms with Crippen LogP contribution in [0.5, 0.6) is 5.88 Å². The molecule has 2 aliphatic rings. The lowest BCUT2D eigenvalue weighted by molar-refractivity contribution is -0.143. The molecule has 52 heavy (non-hydrogen) atoms. The second-order valence-corrected chi connectivity index (χ2v) is 14.0. The van der Waals surface area contributed by atoms with Crippen LogP contribution >= 0.6 is 23.2 Å². The first kappa shape index (κ1) is 35.6. The summed E-state index contributed by atoms with van der Waals surface area (Å²) >= 11 is 14.2. The lowest BCUT2D eigenvalue weighted by Crippen LogP contribution is -2.39. The summed E-state index contributed by atoms with van der Waals surface area (Å²) in [4.78, 5) is 47.9. The van der Waals surface area contributed by atoms with E-state index >= 15 is 0 Å². The fourth-order valence-corrected chi connectivity index (χ4v) is 7.74. The molecule has 0 unspecified atom stereocenters. The van der Waals surface area contributed by atoms with Crippen LogP contribution in [0.15, 0.2) is 77.9 Å². The number of rotatable bonds is 11. The van der Waals surface area contributed by atoms with Crippen molar-refractivity contribution in [3.8, 4) is 39.4 Å². The second-order valence-electron chi connectivity index (χ2n) is 13.3. The van der Waals surface area contributed by atoms with Crippen LogP contribution in [-0.4, -0.2) is 69.0 Å². The molecule has 2 aliphatic heterocycles. The molecular weight excluding hydrogens is 703 g/mol. The van der Waals surface area contributed by atoms with E-state index in [0.29, 0.717) is 71.9 Å².